The minimum absolute atomic E-state index is 0.00196. The van der Waals surface area contributed by atoms with Crippen molar-refractivity contribution < 1.29 is 32.9 Å². The summed E-state index contributed by atoms with van der Waals surface area (Å²) in [6.07, 6.45) is 39.6. The van der Waals surface area contributed by atoms with Crippen molar-refractivity contribution >= 4 is 13.7 Å². The van der Waals surface area contributed by atoms with E-state index in [0.29, 0.717) is 17.4 Å². The Morgan fingerprint density at radius 1 is 0.654 bits per heavy atom. The van der Waals surface area contributed by atoms with Crippen LogP contribution < -0.4 is 10.2 Å². The molecule has 0 saturated heterocycles. The summed E-state index contributed by atoms with van der Waals surface area (Å²) in [5, 5.41) is 13.7. The van der Waals surface area contributed by atoms with Crippen LogP contribution in [0.1, 0.15) is 206 Å². The molecule has 0 spiro atoms. The molecule has 0 fully saturated rings. The van der Waals surface area contributed by atoms with Crippen molar-refractivity contribution in [1.82, 2.24) is 5.32 Å². The van der Waals surface area contributed by atoms with Crippen LogP contribution in [0.4, 0.5) is 0 Å². The molecule has 0 saturated carbocycles. The van der Waals surface area contributed by atoms with Gasteiger partial charge in [-0.15, -0.1) is 0 Å². The lowest BCUT2D eigenvalue weighted by Crippen LogP contribution is -2.45. The van der Waals surface area contributed by atoms with Crippen molar-refractivity contribution in [2.24, 2.45) is 0 Å². The number of carbonyl (C=O) groups is 1. The molecule has 0 aromatic rings. The van der Waals surface area contributed by atoms with Crippen molar-refractivity contribution in [2.45, 2.75) is 219 Å². The average molecular weight is 759 g/mol. The van der Waals surface area contributed by atoms with Crippen LogP contribution in [0.3, 0.4) is 0 Å². The van der Waals surface area contributed by atoms with E-state index in [4.69, 9.17) is 9.05 Å². The first-order valence-electron chi connectivity index (χ1n) is 22.1. The lowest BCUT2D eigenvalue weighted by molar-refractivity contribution is -0.870. The second kappa shape index (κ2) is 35.9. The lowest BCUT2D eigenvalue weighted by atomic mass is 10.0. The Hall–Kier alpha value is -0.760. The van der Waals surface area contributed by atoms with Gasteiger partial charge in [0.2, 0.25) is 5.91 Å². The Balaban J connectivity index is 4.35. The number of hydrogen-bond donors (Lipinski definition) is 2. The first-order valence-corrected chi connectivity index (χ1v) is 23.5. The first-order chi connectivity index (χ1) is 25.0. The van der Waals surface area contributed by atoms with Crippen molar-refractivity contribution in [3.8, 4) is 0 Å². The number of aliphatic hydroxyl groups is 1. The molecule has 0 aliphatic rings. The molecule has 8 nitrogen and oxygen atoms in total. The highest BCUT2D eigenvalue weighted by Gasteiger charge is 2.23. The number of amides is 1. The van der Waals surface area contributed by atoms with E-state index in [1.807, 2.05) is 27.2 Å². The normalized spacial score (nSPS) is 14.5. The van der Waals surface area contributed by atoms with E-state index in [1.165, 1.54) is 148 Å². The van der Waals surface area contributed by atoms with Gasteiger partial charge >= 0.3 is 0 Å². The third kappa shape index (κ3) is 37.6. The van der Waals surface area contributed by atoms with Crippen LogP contribution in [0.15, 0.2) is 12.2 Å². The fourth-order valence-corrected chi connectivity index (χ4v) is 7.17. The summed E-state index contributed by atoms with van der Waals surface area (Å²) < 4.78 is 23.2. The second-order valence-electron chi connectivity index (χ2n) is 16.4. The van der Waals surface area contributed by atoms with Crippen LogP contribution in [0.2, 0.25) is 0 Å². The first kappa shape index (κ1) is 51.2. The average Bonchev–Trinajstić information content (AvgIpc) is 3.09. The summed E-state index contributed by atoms with van der Waals surface area (Å²) in [5.41, 5.74) is 0. The predicted molar refractivity (Wildman–Crippen MR) is 219 cm³/mol. The van der Waals surface area contributed by atoms with Crippen molar-refractivity contribution in [3.63, 3.8) is 0 Å². The number of aliphatic hydroxyl groups excluding tert-OH is 1. The van der Waals surface area contributed by atoms with Crippen LogP contribution in [-0.4, -0.2) is 68.5 Å². The summed E-state index contributed by atoms with van der Waals surface area (Å²) in [6.45, 7) is 4.65. The highest BCUT2D eigenvalue weighted by molar-refractivity contribution is 7.45. The zero-order chi connectivity index (χ0) is 38.6. The van der Waals surface area contributed by atoms with Gasteiger partial charge in [-0.2, -0.15) is 0 Å². The van der Waals surface area contributed by atoms with E-state index in [-0.39, 0.29) is 19.1 Å². The number of phosphoric ester groups is 1. The molecule has 0 aromatic heterocycles. The topological polar surface area (TPSA) is 108 Å². The van der Waals surface area contributed by atoms with E-state index in [0.717, 1.165) is 38.5 Å². The van der Waals surface area contributed by atoms with Gasteiger partial charge in [0.15, 0.2) is 0 Å². The Bertz CT molecular complexity index is 865. The van der Waals surface area contributed by atoms with Gasteiger partial charge in [0.05, 0.1) is 39.9 Å². The summed E-state index contributed by atoms with van der Waals surface area (Å²) >= 11 is 0. The van der Waals surface area contributed by atoms with Gasteiger partial charge in [-0.3, -0.25) is 9.36 Å². The van der Waals surface area contributed by atoms with Crippen LogP contribution in [0.25, 0.3) is 0 Å². The van der Waals surface area contributed by atoms with Crippen molar-refractivity contribution in [2.75, 3.05) is 40.9 Å². The van der Waals surface area contributed by atoms with Gasteiger partial charge in [-0.05, 0) is 19.3 Å². The number of likely N-dealkylation sites (N-methyl/N-ethyl adjacent to an activating group) is 1. The number of quaternary nitrogens is 1. The zero-order valence-electron chi connectivity index (χ0n) is 35.0. The SMILES string of the molecule is CCCCCCCCCCCC/C=C/[C@@H](O)[C@H](COP(=O)([O-])OCC[N+](C)(C)C)NC(=O)CCCCCCCCCCCCCCCCCCCC. The van der Waals surface area contributed by atoms with E-state index < -0.39 is 20.0 Å². The summed E-state index contributed by atoms with van der Waals surface area (Å²) in [4.78, 5) is 25.2. The summed E-state index contributed by atoms with van der Waals surface area (Å²) in [7, 11) is 1.27. The molecular weight excluding hydrogens is 671 g/mol. The fraction of sp³-hybridized carbons (Fsp3) is 0.930. The van der Waals surface area contributed by atoms with Gasteiger partial charge in [-0.25, -0.2) is 0 Å². The lowest BCUT2D eigenvalue weighted by Gasteiger charge is -2.29. The largest absolute Gasteiger partial charge is 0.756 e. The van der Waals surface area contributed by atoms with Gasteiger partial charge < -0.3 is 28.8 Å². The van der Waals surface area contributed by atoms with Gasteiger partial charge in [0.25, 0.3) is 7.82 Å². The maximum atomic E-state index is 12.8. The molecule has 2 N–H and O–H groups in total. The molecule has 0 heterocycles. The number of unbranched alkanes of at least 4 members (excludes halogenated alkanes) is 27. The van der Waals surface area contributed by atoms with E-state index >= 15 is 0 Å². The second-order valence-corrected chi connectivity index (χ2v) is 17.8. The van der Waals surface area contributed by atoms with Crippen LogP contribution in [0, 0.1) is 0 Å². The Morgan fingerprint density at radius 2 is 1.04 bits per heavy atom. The third-order valence-electron chi connectivity index (χ3n) is 10.00. The zero-order valence-corrected chi connectivity index (χ0v) is 35.9. The minimum Gasteiger partial charge on any atom is -0.756 e. The van der Waals surface area contributed by atoms with Gasteiger partial charge in [-0.1, -0.05) is 193 Å². The number of rotatable bonds is 40. The highest BCUT2D eigenvalue weighted by Crippen LogP contribution is 2.38. The Kier molecular flexibility index (Phi) is 35.4. The van der Waals surface area contributed by atoms with Crippen molar-refractivity contribution in [1.29, 1.82) is 0 Å². The summed E-state index contributed by atoms with van der Waals surface area (Å²) in [6, 6.07) is -0.878. The Labute approximate surface area is 322 Å². The van der Waals surface area contributed by atoms with Crippen LogP contribution in [0.5, 0.6) is 0 Å². The van der Waals surface area contributed by atoms with Crippen molar-refractivity contribution in [3.05, 3.63) is 12.2 Å². The molecule has 0 aliphatic carbocycles. The molecule has 0 radical (unpaired) electrons. The maximum absolute atomic E-state index is 12.8. The number of hydrogen-bond acceptors (Lipinski definition) is 6. The summed E-state index contributed by atoms with van der Waals surface area (Å²) in [5.74, 6) is -0.195. The predicted octanol–water partition coefficient (Wildman–Crippen LogP) is 11.3. The molecule has 0 aliphatic heterocycles. The molecule has 3 atom stereocenters. The number of phosphoric acid groups is 1. The van der Waals surface area contributed by atoms with E-state index in [2.05, 4.69) is 19.2 Å². The molecule has 0 bridgehead atoms. The quantitative estimate of drug-likeness (QED) is 0.0279. The monoisotopic (exact) mass is 759 g/mol. The molecule has 0 aromatic carbocycles. The van der Waals surface area contributed by atoms with Crippen LogP contribution >= 0.6 is 7.82 Å². The van der Waals surface area contributed by atoms with Gasteiger partial charge in [0.1, 0.15) is 13.2 Å². The van der Waals surface area contributed by atoms with Crippen LogP contribution in [-0.2, 0) is 18.4 Å². The molecule has 310 valence electrons. The number of nitrogens with zero attached hydrogens (tertiary/aromatic N) is 1. The van der Waals surface area contributed by atoms with E-state index in [9.17, 15) is 19.4 Å². The number of nitrogens with one attached hydrogen (secondary N) is 1. The molecule has 1 unspecified atom stereocenters. The number of carbonyl (C=O) groups excluding carboxylic acids is 1. The smallest absolute Gasteiger partial charge is 0.268 e. The Morgan fingerprint density at radius 3 is 1.44 bits per heavy atom. The minimum atomic E-state index is -4.58. The van der Waals surface area contributed by atoms with E-state index in [1.54, 1.807) is 6.08 Å². The maximum Gasteiger partial charge on any atom is 0.268 e. The fourth-order valence-electron chi connectivity index (χ4n) is 6.45. The molecule has 0 rings (SSSR count). The highest BCUT2D eigenvalue weighted by atomic mass is 31.2. The molecule has 52 heavy (non-hydrogen) atoms. The molecular formula is C43H87N2O6P. The standard InChI is InChI=1S/C43H87N2O6P/c1-6-8-10-12-14-16-18-20-21-22-23-24-25-27-29-31-33-35-37-43(47)44-41(40-51-52(48,49)50-39-38-45(3,4)5)42(46)36-34-32-30-28-26-19-17-15-13-11-9-7-2/h34,36,41-42,46H,6-33,35,37-40H2,1-5H3,(H-,44,47,48,49)/b36-34+/t41-,42+/m0/s1. The number of allylic oxidation sites excluding steroid dienone is 1. The molecule has 1 amide bonds. The third-order valence-corrected chi connectivity index (χ3v) is 11.0. The van der Waals surface area contributed by atoms with Gasteiger partial charge in [0, 0.05) is 6.42 Å². The molecule has 9 heteroatoms.